The second-order valence-corrected chi connectivity index (χ2v) is 9.32. The topological polar surface area (TPSA) is 83.4 Å². The average Bonchev–Trinajstić information content (AvgIpc) is 3.28. The molecule has 0 aliphatic carbocycles. The van der Waals surface area contributed by atoms with Crippen LogP contribution in [0.15, 0.2) is 69.6 Å². The Morgan fingerprint density at radius 1 is 1.23 bits per heavy atom. The number of amides is 2. The van der Waals surface area contributed by atoms with E-state index in [0.29, 0.717) is 21.0 Å². The lowest BCUT2D eigenvalue weighted by molar-refractivity contribution is -0.131. The van der Waals surface area contributed by atoms with Crippen LogP contribution < -0.4 is 10.1 Å². The van der Waals surface area contributed by atoms with E-state index in [2.05, 4.69) is 15.4 Å². The van der Waals surface area contributed by atoms with Crippen molar-refractivity contribution in [1.29, 1.82) is 0 Å². The molecule has 1 fully saturated rings. The Labute approximate surface area is 188 Å². The van der Waals surface area contributed by atoms with Gasteiger partial charge < -0.3 is 10.1 Å². The summed E-state index contributed by atoms with van der Waals surface area (Å²) in [6, 6.07) is 17.1. The molecular weight excluding hydrogens is 432 g/mol. The van der Waals surface area contributed by atoms with Crippen molar-refractivity contribution in [2.24, 2.45) is 10.1 Å². The highest BCUT2D eigenvalue weighted by molar-refractivity contribution is 8.19. The van der Waals surface area contributed by atoms with Crippen LogP contribution in [0.25, 0.3) is 6.08 Å². The SMILES string of the molecule is COc1cccc(/C=C2\SC(=NC3=NN(C(C)=O)C(C)(c4ccccc4)S3)NC2=O)c1. The number of hydrogen-bond acceptors (Lipinski definition) is 7. The fourth-order valence-electron chi connectivity index (χ4n) is 3.22. The zero-order chi connectivity index (χ0) is 22.0. The number of rotatable bonds is 3. The molecular formula is C22H20N4O3S2. The second kappa shape index (κ2) is 8.60. The van der Waals surface area contributed by atoms with Gasteiger partial charge in [-0.3, -0.25) is 9.59 Å². The molecule has 2 amide bonds. The number of benzene rings is 2. The number of hydrazone groups is 1. The first-order valence-electron chi connectivity index (χ1n) is 9.46. The lowest BCUT2D eigenvalue weighted by atomic mass is 10.1. The van der Waals surface area contributed by atoms with E-state index in [9.17, 15) is 9.59 Å². The van der Waals surface area contributed by atoms with Gasteiger partial charge in [-0.25, -0.2) is 5.01 Å². The number of carbonyl (C=O) groups is 2. The number of amidine groups is 2. The third-order valence-corrected chi connectivity index (χ3v) is 6.80. The monoisotopic (exact) mass is 452 g/mol. The number of ether oxygens (including phenoxy) is 1. The Kier molecular flexibility index (Phi) is 5.88. The summed E-state index contributed by atoms with van der Waals surface area (Å²) in [7, 11) is 1.60. The van der Waals surface area contributed by atoms with E-state index in [1.807, 2.05) is 61.5 Å². The van der Waals surface area contributed by atoms with Gasteiger partial charge in [-0.05, 0) is 59.8 Å². The molecule has 2 aliphatic heterocycles. The first kappa shape index (κ1) is 21.2. The molecule has 4 rings (SSSR count). The molecule has 9 heteroatoms. The van der Waals surface area contributed by atoms with Crippen LogP contribution in [0.1, 0.15) is 25.0 Å². The van der Waals surface area contributed by atoms with E-state index in [0.717, 1.165) is 11.1 Å². The van der Waals surface area contributed by atoms with Crippen LogP contribution in [0.2, 0.25) is 0 Å². The summed E-state index contributed by atoms with van der Waals surface area (Å²) < 4.78 is 5.23. The Bertz CT molecular complexity index is 1130. The van der Waals surface area contributed by atoms with Crippen LogP contribution >= 0.6 is 23.5 Å². The minimum Gasteiger partial charge on any atom is -0.497 e. The number of carbonyl (C=O) groups excluding carboxylic acids is 2. The number of hydrogen-bond donors (Lipinski definition) is 1. The van der Waals surface area contributed by atoms with Gasteiger partial charge in [0.05, 0.1) is 12.0 Å². The summed E-state index contributed by atoms with van der Waals surface area (Å²) >= 11 is 2.60. The number of methoxy groups -OCH3 is 1. The van der Waals surface area contributed by atoms with Crippen LogP contribution in [0, 0.1) is 0 Å². The summed E-state index contributed by atoms with van der Waals surface area (Å²) in [5.74, 6) is 0.299. The van der Waals surface area contributed by atoms with Crippen molar-refractivity contribution >= 4 is 51.7 Å². The molecule has 1 saturated heterocycles. The standard InChI is InChI=1S/C22H20N4O3S2/c1-14(27)26-22(2,16-9-5-4-6-10-16)31-21(25-26)24-20-23-19(28)18(30-20)13-15-8-7-11-17(12-15)29-3/h4-13H,1-3H3,(H,23,24,25,28)/b18-13-. The molecule has 0 radical (unpaired) electrons. The van der Waals surface area contributed by atoms with Gasteiger partial charge in [-0.15, -0.1) is 5.10 Å². The molecule has 0 saturated carbocycles. The number of thioether (sulfide) groups is 2. The maximum Gasteiger partial charge on any atom is 0.264 e. The van der Waals surface area contributed by atoms with Crippen LogP contribution in [-0.2, 0) is 14.5 Å². The van der Waals surface area contributed by atoms with Crippen LogP contribution in [0.5, 0.6) is 5.75 Å². The van der Waals surface area contributed by atoms with Gasteiger partial charge in [0.25, 0.3) is 5.91 Å². The van der Waals surface area contributed by atoms with Gasteiger partial charge in [0.2, 0.25) is 11.1 Å². The molecule has 1 N–H and O–H groups in total. The molecule has 0 aromatic heterocycles. The van der Waals surface area contributed by atoms with E-state index >= 15 is 0 Å². The predicted molar refractivity (Wildman–Crippen MR) is 125 cm³/mol. The van der Waals surface area contributed by atoms with Gasteiger partial charge in [-0.1, -0.05) is 42.5 Å². The van der Waals surface area contributed by atoms with Gasteiger partial charge in [0, 0.05) is 6.92 Å². The van der Waals surface area contributed by atoms with Crippen LogP contribution in [0.4, 0.5) is 0 Å². The first-order chi connectivity index (χ1) is 14.9. The summed E-state index contributed by atoms with van der Waals surface area (Å²) in [4.78, 5) is 29.0. The minimum atomic E-state index is -0.709. The third-order valence-electron chi connectivity index (χ3n) is 4.73. The van der Waals surface area contributed by atoms with E-state index < -0.39 is 4.87 Å². The largest absolute Gasteiger partial charge is 0.497 e. The molecule has 1 unspecified atom stereocenters. The van der Waals surface area contributed by atoms with E-state index in [4.69, 9.17) is 4.74 Å². The fourth-order valence-corrected chi connectivity index (χ4v) is 5.22. The quantitative estimate of drug-likeness (QED) is 0.712. The highest BCUT2D eigenvalue weighted by Crippen LogP contribution is 2.46. The van der Waals surface area contributed by atoms with Crippen LogP contribution in [-0.4, -0.2) is 34.3 Å². The van der Waals surface area contributed by atoms with Crippen molar-refractivity contribution in [2.45, 2.75) is 18.7 Å². The van der Waals surface area contributed by atoms with E-state index in [1.165, 1.54) is 35.5 Å². The third kappa shape index (κ3) is 4.38. The molecule has 1 atom stereocenters. The number of nitrogens with one attached hydrogen (secondary N) is 1. The maximum absolute atomic E-state index is 12.4. The Morgan fingerprint density at radius 3 is 2.71 bits per heavy atom. The van der Waals surface area contributed by atoms with Crippen molar-refractivity contribution in [1.82, 2.24) is 10.3 Å². The van der Waals surface area contributed by atoms with Gasteiger partial charge >= 0.3 is 0 Å². The second-order valence-electron chi connectivity index (χ2n) is 6.92. The fraction of sp³-hybridized carbons (Fsp3) is 0.182. The Morgan fingerprint density at radius 2 is 2.00 bits per heavy atom. The van der Waals surface area contributed by atoms with Crippen molar-refractivity contribution < 1.29 is 14.3 Å². The zero-order valence-electron chi connectivity index (χ0n) is 17.2. The molecule has 2 aliphatic rings. The summed E-state index contributed by atoms with van der Waals surface area (Å²) in [6.07, 6.45) is 1.78. The normalized spacial score (nSPS) is 23.3. The van der Waals surface area contributed by atoms with E-state index in [-0.39, 0.29) is 11.8 Å². The Hall–Kier alpha value is -3.04. The number of aliphatic imine (C=N–C) groups is 1. The van der Waals surface area contributed by atoms with Gasteiger partial charge in [-0.2, -0.15) is 4.99 Å². The van der Waals surface area contributed by atoms with Crippen molar-refractivity contribution in [3.8, 4) is 5.75 Å². The number of nitrogens with zero attached hydrogens (tertiary/aromatic N) is 3. The van der Waals surface area contributed by atoms with Crippen LogP contribution in [0.3, 0.4) is 0 Å². The highest BCUT2D eigenvalue weighted by Gasteiger charge is 2.44. The lowest BCUT2D eigenvalue weighted by Crippen LogP contribution is -2.37. The summed E-state index contributed by atoms with van der Waals surface area (Å²) in [6.45, 7) is 3.40. The molecule has 0 bridgehead atoms. The zero-order valence-corrected chi connectivity index (χ0v) is 18.8. The average molecular weight is 453 g/mol. The molecule has 0 spiro atoms. The predicted octanol–water partition coefficient (Wildman–Crippen LogP) is 3.99. The molecule has 2 heterocycles. The first-order valence-corrected chi connectivity index (χ1v) is 11.1. The Balaban J connectivity index is 1.58. The molecule has 2 aromatic carbocycles. The molecule has 31 heavy (non-hydrogen) atoms. The smallest absolute Gasteiger partial charge is 0.264 e. The highest BCUT2D eigenvalue weighted by atomic mass is 32.2. The minimum absolute atomic E-state index is 0.184. The van der Waals surface area contributed by atoms with Crippen molar-refractivity contribution in [2.75, 3.05) is 7.11 Å². The van der Waals surface area contributed by atoms with Crippen molar-refractivity contribution in [3.05, 3.63) is 70.6 Å². The molecule has 158 valence electrons. The summed E-state index contributed by atoms with van der Waals surface area (Å²) in [5, 5.41) is 9.44. The molecule has 2 aromatic rings. The van der Waals surface area contributed by atoms with E-state index in [1.54, 1.807) is 13.2 Å². The molecule has 7 nitrogen and oxygen atoms in total. The maximum atomic E-state index is 12.4. The van der Waals surface area contributed by atoms with Gasteiger partial charge in [0.15, 0.2) is 5.17 Å². The summed E-state index contributed by atoms with van der Waals surface area (Å²) in [5.41, 5.74) is 1.79. The van der Waals surface area contributed by atoms with Crippen molar-refractivity contribution in [3.63, 3.8) is 0 Å². The lowest BCUT2D eigenvalue weighted by Gasteiger charge is -2.30. The van der Waals surface area contributed by atoms with Gasteiger partial charge in [0.1, 0.15) is 10.6 Å².